The van der Waals surface area contributed by atoms with Gasteiger partial charge >= 0.3 is 0 Å². The zero-order valence-corrected chi connectivity index (χ0v) is 10.8. The zero-order chi connectivity index (χ0) is 12.1. The first kappa shape index (κ1) is 12.3. The summed E-state index contributed by atoms with van der Waals surface area (Å²) >= 11 is 0. The second-order valence-electron chi connectivity index (χ2n) is 4.64. The summed E-state index contributed by atoms with van der Waals surface area (Å²) in [4.78, 5) is 0. The van der Waals surface area contributed by atoms with Gasteiger partial charge in [0.2, 0.25) is 0 Å². The lowest BCUT2D eigenvalue weighted by Gasteiger charge is -2.30. The number of hydrogen-bond acceptors (Lipinski definition) is 2. The number of rotatable bonds is 6. The molecule has 2 N–H and O–H groups in total. The van der Waals surface area contributed by atoms with Crippen molar-refractivity contribution in [2.24, 2.45) is 0 Å². The van der Waals surface area contributed by atoms with Crippen molar-refractivity contribution in [1.82, 2.24) is 10.6 Å². The molecule has 0 unspecified atom stereocenters. The predicted octanol–water partition coefficient (Wildman–Crippen LogP) is 2.17. The van der Waals surface area contributed by atoms with Gasteiger partial charge in [0.15, 0.2) is 0 Å². The SMILES string of the molecule is CCNCC1(CNCC)C=Cc2ccccc21. The van der Waals surface area contributed by atoms with Gasteiger partial charge in [-0.15, -0.1) is 0 Å². The van der Waals surface area contributed by atoms with Crippen molar-refractivity contribution in [3.63, 3.8) is 0 Å². The van der Waals surface area contributed by atoms with E-state index >= 15 is 0 Å². The topological polar surface area (TPSA) is 24.1 Å². The Morgan fingerprint density at radius 1 is 1.00 bits per heavy atom. The summed E-state index contributed by atoms with van der Waals surface area (Å²) in [5.41, 5.74) is 2.94. The fourth-order valence-electron chi connectivity index (χ4n) is 2.50. The van der Waals surface area contributed by atoms with Gasteiger partial charge in [0.05, 0.1) is 0 Å². The lowest BCUT2D eigenvalue weighted by atomic mass is 9.82. The van der Waals surface area contributed by atoms with Crippen molar-refractivity contribution in [2.75, 3.05) is 26.2 Å². The Morgan fingerprint density at radius 2 is 1.65 bits per heavy atom. The molecule has 0 heterocycles. The Kier molecular flexibility index (Phi) is 3.97. The maximum atomic E-state index is 3.49. The first-order valence-electron chi connectivity index (χ1n) is 6.52. The third kappa shape index (κ3) is 2.43. The van der Waals surface area contributed by atoms with Crippen LogP contribution in [0.15, 0.2) is 30.3 Å². The van der Waals surface area contributed by atoms with Crippen LogP contribution in [0.2, 0.25) is 0 Å². The standard InChI is InChI=1S/C15H22N2/c1-3-16-11-15(12-17-4-2)10-9-13-7-5-6-8-14(13)15/h5-10,16-17H,3-4,11-12H2,1-2H3. The lowest BCUT2D eigenvalue weighted by molar-refractivity contribution is 0.459. The molecule has 0 saturated carbocycles. The Bertz CT molecular complexity index is 388. The Hall–Kier alpha value is -1.12. The molecule has 2 rings (SSSR count). The molecule has 17 heavy (non-hydrogen) atoms. The van der Waals surface area contributed by atoms with Gasteiger partial charge in [-0.1, -0.05) is 50.3 Å². The van der Waals surface area contributed by atoms with E-state index in [9.17, 15) is 0 Å². The van der Waals surface area contributed by atoms with Crippen LogP contribution in [0.4, 0.5) is 0 Å². The van der Waals surface area contributed by atoms with Gasteiger partial charge in [-0.25, -0.2) is 0 Å². The van der Waals surface area contributed by atoms with Gasteiger partial charge in [-0.2, -0.15) is 0 Å². The predicted molar refractivity (Wildman–Crippen MR) is 74.2 cm³/mol. The normalized spacial score (nSPS) is 16.1. The molecule has 0 saturated heterocycles. The maximum absolute atomic E-state index is 3.49. The molecule has 0 aromatic heterocycles. The highest BCUT2D eigenvalue weighted by molar-refractivity contribution is 5.65. The van der Waals surface area contributed by atoms with E-state index < -0.39 is 0 Å². The molecule has 1 aliphatic carbocycles. The molecule has 0 aliphatic heterocycles. The van der Waals surface area contributed by atoms with Crippen molar-refractivity contribution in [1.29, 1.82) is 0 Å². The quantitative estimate of drug-likeness (QED) is 0.782. The summed E-state index contributed by atoms with van der Waals surface area (Å²) < 4.78 is 0. The van der Waals surface area contributed by atoms with E-state index in [1.807, 2.05) is 0 Å². The number of likely N-dealkylation sites (N-methyl/N-ethyl adjacent to an activating group) is 2. The minimum Gasteiger partial charge on any atom is -0.316 e. The number of benzene rings is 1. The average molecular weight is 230 g/mol. The number of hydrogen-bond donors (Lipinski definition) is 2. The van der Waals surface area contributed by atoms with E-state index in [2.05, 4.69) is 60.9 Å². The van der Waals surface area contributed by atoms with Crippen LogP contribution in [0.5, 0.6) is 0 Å². The van der Waals surface area contributed by atoms with Gasteiger partial charge in [0.1, 0.15) is 0 Å². The lowest BCUT2D eigenvalue weighted by Crippen LogP contribution is -2.43. The molecule has 2 nitrogen and oxygen atoms in total. The molecule has 92 valence electrons. The summed E-state index contributed by atoms with van der Waals surface area (Å²) in [6.45, 7) is 8.36. The van der Waals surface area contributed by atoms with Gasteiger partial charge in [0.25, 0.3) is 0 Å². The first-order chi connectivity index (χ1) is 8.32. The van der Waals surface area contributed by atoms with Gasteiger partial charge in [-0.05, 0) is 24.2 Å². The van der Waals surface area contributed by atoms with Gasteiger partial charge < -0.3 is 10.6 Å². The molecule has 0 amide bonds. The van der Waals surface area contributed by atoms with Crippen LogP contribution in [0.1, 0.15) is 25.0 Å². The molecule has 0 radical (unpaired) electrons. The molecular formula is C15H22N2. The van der Waals surface area contributed by atoms with E-state index in [0.717, 1.165) is 26.2 Å². The fraction of sp³-hybridized carbons (Fsp3) is 0.467. The molecule has 0 atom stereocenters. The Balaban J connectivity index is 2.26. The van der Waals surface area contributed by atoms with Crippen LogP contribution in [-0.4, -0.2) is 26.2 Å². The summed E-state index contributed by atoms with van der Waals surface area (Å²) in [7, 11) is 0. The second-order valence-corrected chi connectivity index (χ2v) is 4.64. The van der Waals surface area contributed by atoms with Crippen LogP contribution < -0.4 is 10.6 Å². The number of nitrogens with one attached hydrogen (secondary N) is 2. The van der Waals surface area contributed by atoms with Crippen LogP contribution >= 0.6 is 0 Å². The van der Waals surface area contributed by atoms with Crippen LogP contribution in [0.25, 0.3) is 6.08 Å². The zero-order valence-electron chi connectivity index (χ0n) is 10.8. The molecule has 1 aliphatic rings. The molecular weight excluding hydrogens is 208 g/mol. The van der Waals surface area contributed by atoms with Crippen LogP contribution in [-0.2, 0) is 5.41 Å². The van der Waals surface area contributed by atoms with Gasteiger partial charge in [0, 0.05) is 18.5 Å². The van der Waals surface area contributed by atoms with E-state index in [-0.39, 0.29) is 5.41 Å². The molecule has 0 bridgehead atoms. The maximum Gasteiger partial charge on any atom is 0.0390 e. The second kappa shape index (κ2) is 5.48. The van der Waals surface area contributed by atoms with Crippen molar-refractivity contribution in [3.05, 3.63) is 41.5 Å². The van der Waals surface area contributed by atoms with Crippen LogP contribution in [0.3, 0.4) is 0 Å². The summed E-state index contributed by atoms with van der Waals surface area (Å²) in [6.07, 6.45) is 4.60. The van der Waals surface area contributed by atoms with E-state index in [1.165, 1.54) is 11.1 Å². The number of fused-ring (bicyclic) bond motifs is 1. The summed E-state index contributed by atoms with van der Waals surface area (Å²) in [6, 6.07) is 8.70. The molecule has 1 aromatic carbocycles. The first-order valence-corrected chi connectivity index (χ1v) is 6.52. The summed E-state index contributed by atoms with van der Waals surface area (Å²) in [5, 5.41) is 6.98. The van der Waals surface area contributed by atoms with Gasteiger partial charge in [-0.3, -0.25) is 0 Å². The van der Waals surface area contributed by atoms with Crippen molar-refractivity contribution < 1.29 is 0 Å². The smallest absolute Gasteiger partial charge is 0.0390 e. The largest absolute Gasteiger partial charge is 0.316 e. The molecule has 0 fully saturated rings. The Labute approximate surface area is 104 Å². The summed E-state index contributed by atoms with van der Waals surface area (Å²) in [5.74, 6) is 0. The monoisotopic (exact) mass is 230 g/mol. The fourth-order valence-corrected chi connectivity index (χ4v) is 2.50. The van der Waals surface area contributed by atoms with Crippen molar-refractivity contribution in [2.45, 2.75) is 19.3 Å². The molecule has 0 spiro atoms. The Morgan fingerprint density at radius 3 is 2.29 bits per heavy atom. The van der Waals surface area contributed by atoms with E-state index in [1.54, 1.807) is 0 Å². The van der Waals surface area contributed by atoms with Crippen molar-refractivity contribution in [3.8, 4) is 0 Å². The van der Waals surface area contributed by atoms with E-state index in [0.29, 0.717) is 0 Å². The van der Waals surface area contributed by atoms with E-state index in [4.69, 9.17) is 0 Å². The average Bonchev–Trinajstić information content (AvgIpc) is 2.74. The minimum absolute atomic E-state index is 0.128. The highest BCUT2D eigenvalue weighted by atomic mass is 14.9. The highest BCUT2D eigenvalue weighted by Crippen LogP contribution is 2.35. The molecule has 2 heteroatoms. The third-order valence-corrected chi connectivity index (χ3v) is 3.46. The van der Waals surface area contributed by atoms with Crippen LogP contribution in [0, 0.1) is 0 Å². The van der Waals surface area contributed by atoms with Crippen molar-refractivity contribution >= 4 is 6.08 Å². The minimum atomic E-state index is 0.128. The molecule has 1 aromatic rings. The third-order valence-electron chi connectivity index (χ3n) is 3.46. The highest BCUT2D eigenvalue weighted by Gasteiger charge is 2.33.